The normalized spacial score (nSPS) is 22.2. The van der Waals surface area contributed by atoms with Crippen molar-refractivity contribution in [3.63, 3.8) is 0 Å². The number of benzene rings is 1. The van der Waals surface area contributed by atoms with Crippen LogP contribution in [0.3, 0.4) is 0 Å². The molecule has 0 radical (unpaired) electrons. The first-order valence-corrected chi connectivity index (χ1v) is 10.0. The van der Waals surface area contributed by atoms with E-state index in [1.807, 2.05) is 0 Å². The minimum absolute atomic E-state index is 0.133. The van der Waals surface area contributed by atoms with Gasteiger partial charge in [0, 0.05) is 41.4 Å². The molecule has 1 aromatic rings. The minimum Gasteiger partial charge on any atom is -0.329 e. The number of nitrogens with zero attached hydrogens (tertiary/aromatic N) is 1. The predicted octanol–water partition coefficient (Wildman–Crippen LogP) is 1.90. The molecule has 1 fully saturated rings. The van der Waals surface area contributed by atoms with Crippen LogP contribution >= 0.6 is 23.4 Å². The van der Waals surface area contributed by atoms with Gasteiger partial charge in [0.25, 0.3) is 0 Å². The van der Waals surface area contributed by atoms with Gasteiger partial charge in [-0.15, -0.1) is 0 Å². The van der Waals surface area contributed by atoms with E-state index in [-0.39, 0.29) is 6.54 Å². The molecule has 2 atom stereocenters. The van der Waals surface area contributed by atoms with Crippen LogP contribution in [0.5, 0.6) is 0 Å². The van der Waals surface area contributed by atoms with E-state index in [0.29, 0.717) is 22.9 Å². The van der Waals surface area contributed by atoms with Crippen LogP contribution in [-0.2, 0) is 9.84 Å². The second kappa shape index (κ2) is 6.83. The van der Waals surface area contributed by atoms with Crippen molar-refractivity contribution in [2.75, 3.05) is 30.9 Å². The Morgan fingerprint density at radius 1 is 1.57 bits per heavy atom. The van der Waals surface area contributed by atoms with Gasteiger partial charge in [-0.3, -0.25) is 4.90 Å². The molecule has 1 aliphatic rings. The Bertz CT molecular complexity index is 612. The van der Waals surface area contributed by atoms with Crippen molar-refractivity contribution in [1.29, 1.82) is 0 Å². The van der Waals surface area contributed by atoms with Crippen molar-refractivity contribution in [3.8, 4) is 0 Å². The lowest BCUT2D eigenvalue weighted by Crippen LogP contribution is -2.50. The van der Waals surface area contributed by atoms with Crippen LogP contribution in [0.25, 0.3) is 0 Å². The summed E-state index contributed by atoms with van der Waals surface area (Å²) in [5, 5.41) is -0.240. The molecule has 1 aliphatic heterocycles. The van der Waals surface area contributed by atoms with Crippen LogP contribution in [0.15, 0.2) is 18.2 Å². The average molecular weight is 353 g/mol. The van der Waals surface area contributed by atoms with E-state index in [2.05, 4.69) is 0 Å². The van der Waals surface area contributed by atoms with Gasteiger partial charge >= 0.3 is 0 Å². The van der Waals surface area contributed by atoms with Gasteiger partial charge in [-0.25, -0.2) is 12.8 Å². The Morgan fingerprint density at radius 2 is 2.29 bits per heavy atom. The minimum atomic E-state index is -3.27. The first-order valence-electron chi connectivity index (χ1n) is 6.52. The summed E-state index contributed by atoms with van der Waals surface area (Å²) in [4.78, 5) is 1.78. The molecule has 2 N–H and O–H groups in total. The molecule has 21 heavy (non-hydrogen) atoms. The molecule has 0 saturated carbocycles. The van der Waals surface area contributed by atoms with E-state index in [4.69, 9.17) is 17.3 Å². The van der Waals surface area contributed by atoms with Gasteiger partial charge in [0.15, 0.2) is 9.84 Å². The monoisotopic (exact) mass is 352 g/mol. The molecule has 118 valence electrons. The van der Waals surface area contributed by atoms with Crippen molar-refractivity contribution in [3.05, 3.63) is 34.6 Å². The van der Waals surface area contributed by atoms with Gasteiger partial charge in [-0.2, -0.15) is 11.8 Å². The predicted molar refractivity (Wildman–Crippen MR) is 85.9 cm³/mol. The van der Waals surface area contributed by atoms with E-state index in [1.54, 1.807) is 16.7 Å². The van der Waals surface area contributed by atoms with E-state index < -0.39 is 27.1 Å². The summed E-state index contributed by atoms with van der Waals surface area (Å²) in [6.07, 6.45) is 1.21. The molecule has 0 spiro atoms. The zero-order chi connectivity index (χ0) is 15.6. The van der Waals surface area contributed by atoms with E-state index in [1.165, 1.54) is 24.5 Å². The molecule has 1 heterocycles. The van der Waals surface area contributed by atoms with Crippen LogP contribution < -0.4 is 5.73 Å². The van der Waals surface area contributed by atoms with Crippen LogP contribution in [0.2, 0.25) is 5.02 Å². The fraction of sp³-hybridized carbons (Fsp3) is 0.538. The van der Waals surface area contributed by atoms with Gasteiger partial charge in [-0.05, 0) is 18.2 Å². The summed E-state index contributed by atoms with van der Waals surface area (Å²) in [7, 11) is -3.27. The summed E-state index contributed by atoms with van der Waals surface area (Å²) < 4.78 is 38.1. The smallest absolute Gasteiger partial charge is 0.164 e. The molecule has 0 amide bonds. The quantitative estimate of drug-likeness (QED) is 0.896. The van der Waals surface area contributed by atoms with Gasteiger partial charge in [0.1, 0.15) is 11.2 Å². The maximum Gasteiger partial charge on any atom is 0.164 e. The largest absolute Gasteiger partial charge is 0.329 e. The number of hydrogen-bond acceptors (Lipinski definition) is 5. The highest BCUT2D eigenvalue weighted by Crippen LogP contribution is 2.32. The fourth-order valence-electron chi connectivity index (χ4n) is 2.53. The highest BCUT2D eigenvalue weighted by molar-refractivity contribution is 8.00. The van der Waals surface area contributed by atoms with Gasteiger partial charge < -0.3 is 5.73 Å². The Morgan fingerprint density at radius 3 is 2.90 bits per heavy atom. The molecule has 1 saturated heterocycles. The number of halogens is 2. The number of thioether (sulfide) groups is 1. The SMILES string of the molecule is CS(=O)(=O)C1CSCCN1C(CN)c1cc(Cl)ccc1F. The first kappa shape index (κ1) is 17.0. The molecule has 4 nitrogen and oxygen atoms in total. The highest BCUT2D eigenvalue weighted by atomic mass is 35.5. The molecular weight excluding hydrogens is 335 g/mol. The summed E-state index contributed by atoms with van der Waals surface area (Å²) in [5.41, 5.74) is 6.16. The Hall–Kier alpha value is -0.340. The van der Waals surface area contributed by atoms with Crippen LogP contribution in [0.1, 0.15) is 11.6 Å². The third kappa shape index (κ3) is 3.90. The fourth-order valence-corrected chi connectivity index (χ4v) is 5.63. The Kier molecular flexibility index (Phi) is 5.54. The lowest BCUT2D eigenvalue weighted by Gasteiger charge is -2.39. The lowest BCUT2D eigenvalue weighted by atomic mass is 10.0. The van der Waals surface area contributed by atoms with Crippen LogP contribution in [0, 0.1) is 5.82 Å². The van der Waals surface area contributed by atoms with Crippen molar-refractivity contribution >= 4 is 33.2 Å². The van der Waals surface area contributed by atoms with Crippen molar-refractivity contribution in [2.45, 2.75) is 11.4 Å². The standard InChI is InChI=1S/C13H18ClFN2O2S2/c1-21(18,19)13-8-20-5-4-17(13)12(7-16)10-6-9(14)2-3-11(10)15/h2-3,6,12-13H,4-5,7-8,16H2,1H3. The first-order chi connectivity index (χ1) is 9.84. The third-order valence-corrected chi connectivity index (χ3v) is 6.45. The lowest BCUT2D eigenvalue weighted by molar-refractivity contribution is 0.194. The maximum atomic E-state index is 14.1. The molecule has 8 heteroatoms. The van der Waals surface area contributed by atoms with E-state index in [0.717, 1.165) is 5.75 Å². The summed E-state index contributed by atoms with van der Waals surface area (Å²) in [6, 6.07) is 3.78. The van der Waals surface area contributed by atoms with Gasteiger partial charge in [0.2, 0.25) is 0 Å². The summed E-state index contributed by atoms with van der Waals surface area (Å²) in [6.45, 7) is 0.685. The van der Waals surface area contributed by atoms with E-state index in [9.17, 15) is 12.8 Å². The van der Waals surface area contributed by atoms with E-state index >= 15 is 0 Å². The Labute approximate surface area is 133 Å². The molecule has 2 unspecified atom stereocenters. The highest BCUT2D eigenvalue weighted by Gasteiger charge is 2.36. The molecule has 1 aromatic carbocycles. The zero-order valence-corrected chi connectivity index (χ0v) is 14.0. The molecule has 2 rings (SSSR count). The van der Waals surface area contributed by atoms with Crippen LogP contribution in [0.4, 0.5) is 4.39 Å². The second-order valence-electron chi connectivity index (χ2n) is 5.01. The number of nitrogens with two attached hydrogens (primary N) is 1. The number of hydrogen-bond donors (Lipinski definition) is 1. The Balaban J connectivity index is 2.41. The summed E-state index contributed by atoms with van der Waals surface area (Å²) in [5.74, 6) is 0.850. The van der Waals surface area contributed by atoms with Crippen molar-refractivity contribution in [2.24, 2.45) is 5.73 Å². The number of sulfone groups is 1. The van der Waals surface area contributed by atoms with Crippen LogP contribution in [-0.4, -0.2) is 49.5 Å². The zero-order valence-electron chi connectivity index (χ0n) is 11.6. The molecule has 0 aliphatic carbocycles. The third-order valence-electron chi connectivity index (χ3n) is 3.56. The van der Waals surface area contributed by atoms with Gasteiger partial charge in [-0.1, -0.05) is 11.6 Å². The molecule has 0 bridgehead atoms. The average Bonchev–Trinajstić information content (AvgIpc) is 2.43. The topological polar surface area (TPSA) is 63.4 Å². The van der Waals surface area contributed by atoms with Crippen molar-refractivity contribution < 1.29 is 12.8 Å². The summed E-state index contributed by atoms with van der Waals surface area (Å²) >= 11 is 7.52. The van der Waals surface area contributed by atoms with Gasteiger partial charge in [0.05, 0.1) is 6.04 Å². The molecule has 0 aromatic heterocycles. The molecular formula is C13H18ClFN2O2S2. The number of rotatable bonds is 4. The van der Waals surface area contributed by atoms with Crippen molar-refractivity contribution in [1.82, 2.24) is 4.90 Å². The maximum absolute atomic E-state index is 14.1. The second-order valence-corrected chi connectivity index (χ2v) is 8.80.